The van der Waals surface area contributed by atoms with Crippen LogP contribution < -0.4 is 0 Å². The van der Waals surface area contributed by atoms with Crippen molar-refractivity contribution >= 4 is 21.9 Å². The zero-order valence-electron chi connectivity index (χ0n) is 9.34. The molecule has 0 unspecified atom stereocenters. The monoisotopic (exact) mass is 280 g/mol. The molecule has 0 heterocycles. The SMILES string of the molecule is CCc1cc(Br)ccc1C#CCC(=O)OC. The second kappa shape index (κ2) is 6.34. The number of ether oxygens (including phenoxy) is 1. The molecular formula is C13H13BrO2. The number of hydrogen-bond donors (Lipinski definition) is 0. The van der Waals surface area contributed by atoms with Gasteiger partial charge in [-0.15, -0.1) is 0 Å². The summed E-state index contributed by atoms with van der Waals surface area (Å²) in [5, 5.41) is 0. The minimum absolute atomic E-state index is 0.135. The third kappa shape index (κ3) is 3.71. The number of aryl methyl sites for hydroxylation is 1. The smallest absolute Gasteiger partial charge is 0.317 e. The molecule has 0 aliphatic carbocycles. The Labute approximate surface area is 104 Å². The minimum atomic E-state index is -0.303. The van der Waals surface area contributed by atoms with Crippen molar-refractivity contribution in [3.63, 3.8) is 0 Å². The van der Waals surface area contributed by atoms with Crippen molar-refractivity contribution in [3.05, 3.63) is 33.8 Å². The molecule has 0 radical (unpaired) electrons. The van der Waals surface area contributed by atoms with Gasteiger partial charge in [-0.05, 0) is 30.2 Å². The van der Waals surface area contributed by atoms with Crippen LogP contribution in [0, 0.1) is 11.8 Å². The van der Waals surface area contributed by atoms with E-state index in [1.54, 1.807) is 0 Å². The van der Waals surface area contributed by atoms with Crippen LogP contribution in [0.5, 0.6) is 0 Å². The molecule has 1 aromatic carbocycles. The van der Waals surface area contributed by atoms with E-state index in [1.165, 1.54) is 12.7 Å². The van der Waals surface area contributed by atoms with E-state index < -0.39 is 0 Å². The average Bonchev–Trinajstić information content (AvgIpc) is 2.30. The summed E-state index contributed by atoms with van der Waals surface area (Å²) in [5.41, 5.74) is 2.14. The van der Waals surface area contributed by atoms with Crippen molar-refractivity contribution < 1.29 is 9.53 Å². The Balaban J connectivity index is 2.84. The number of carbonyl (C=O) groups excluding carboxylic acids is 1. The van der Waals surface area contributed by atoms with Gasteiger partial charge in [0.05, 0.1) is 7.11 Å². The number of carbonyl (C=O) groups is 1. The van der Waals surface area contributed by atoms with Crippen LogP contribution in [0.25, 0.3) is 0 Å². The number of halogens is 1. The van der Waals surface area contributed by atoms with Crippen molar-refractivity contribution in [2.75, 3.05) is 7.11 Å². The highest BCUT2D eigenvalue weighted by atomic mass is 79.9. The van der Waals surface area contributed by atoms with Gasteiger partial charge in [0.1, 0.15) is 6.42 Å². The number of methoxy groups -OCH3 is 1. The summed E-state index contributed by atoms with van der Waals surface area (Å²) in [4.78, 5) is 10.9. The van der Waals surface area contributed by atoms with E-state index in [9.17, 15) is 4.79 Å². The highest BCUT2D eigenvalue weighted by Crippen LogP contribution is 2.16. The molecule has 16 heavy (non-hydrogen) atoms. The van der Waals surface area contributed by atoms with Crippen molar-refractivity contribution in [2.24, 2.45) is 0 Å². The van der Waals surface area contributed by atoms with Crippen LogP contribution in [0.15, 0.2) is 22.7 Å². The van der Waals surface area contributed by atoms with Gasteiger partial charge in [0, 0.05) is 10.0 Å². The summed E-state index contributed by atoms with van der Waals surface area (Å²) < 4.78 is 5.56. The zero-order valence-corrected chi connectivity index (χ0v) is 10.9. The lowest BCUT2D eigenvalue weighted by Gasteiger charge is -2.01. The molecule has 0 aliphatic rings. The van der Waals surface area contributed by atoms with Crippen molar-refractivity contribution in [1.82, 2.24) is 0 Å². The van der Waals surface area contributed by atoms with E-state index in [0.29, 0.717) is 0 Å². The Morgan fingerprint density at radius 3 is 2.88 bits per heavy atom. The van der Waals surface area contributed by atoms with Crippen LogP contribution in [-0.4, -0.2) is 13.1 Å². The van der Waals surface area contributed by atoms with E-state index in [4.69, 9.17) is 0 Å². The largest absolute Gasteiger partial charge is 0.468 e. The predicted octanol–water partition coefficient (Wildman–Crippen LogP) is 2.93. The molecular weight excluding hydrogens is 268 g/mol. The third-order valence-electron chi connectivity index (χ3n) is 2.13. The molecule has 0 atom stereocenters. The maximum Gasteiger partial charge on any atom is 0.317 e. The van der Waals surface area contributed by atoms with Crippen LogP contribution in [0.3, 0.4) is 0 Å². The molecule has 0 fully saturated rings. The summed E-state index contributed by atoms with van der Waals surface area (Å²) in [5.74, 6) is 5.49. The summed E-state index contributed by atoms with van der Waals surface area (Å²) >= 11 is 3.42. The van der Waals surface area contributed by atoms with Gasteiger partial charge in [-0.25, -0.2) is 0 Å². The van der Waals surface area contributed by atoms with Gasteiger partial charge in [0.25, 0.3) is 0 Å². The Kier molecular flexibility index (Phi) is 5.07. The van der Waals surface area contributed by atoms with E-state index >= 15 is 0 Å². The highest BCUT2D eigenvalue weighted by Gasteiger charge is 1.99. The van der Waals surface area contributed by atoms with Gasteiger partial charge in [0.15, 0.2) is 0 Å². The van der Waals surface area contributed by atoms with E-state index in [-0.39, 0.29) is 12.4 Å². The zero-order chi connectivity index (χ0) is 12.0. The number of rotatable bonds is 2. The fourth-order valence-electron chi connectivity index (χ4n) is 1.26. The minimum Gasteiger partial charge on any atom is -0.468 e. The van der Waals surface area contributed by atoms with Gasteiger partial charge >= 0.3 is 5.97 Å². The molecule has 0 aliphatic heterocycles. The van der Waals surface area contributed by atoms with Crippen LogP contribution in [0.2, 0.25) is 0 Å². The molecule has 0 spiro atoms. The number of esters is 1. The van der Waals surface area contributed by atoms with Gasteiger partial charge in [-0.3, -0.25) is 4.79 Å². The molecule has 1 aromatic rings. The molecule has 0 N–H and O–H groups in total. The second-order valence-electron chi connectivity index (χ2n) is 3.21. The highest BCUT2D eigenvalue weighted by molar-refractivity contribution is 9.10. The van der Waals surface area contributed by atoms with Crippen LogP contribution in [0.1, 0.15) is 24.5 Å². The van der Waals surface area contributed by atoms with Crippen molar-refractivity contribution in [2.45, 2.75) is 19.8 Å². The lowest BCUT2D eigenvalue weighted by atomic mass is 10.1. The second-order valence-corrected chi connectivity index (χ2v) is 4.13. The van der Waals surface area contributed by atoms with Crippen molar-refractivity contribution in [3.8, 4) is 11.8 Å². The van der Waals surface area contributed by atoms with Gasteiger partial charge < -0.3 is 4.74 Å². The molecule has 0 bridgehead atoms. The molecule has 0 saturated heterocycles. The van der Waals surface area contributed by atoms with Crippen LogP contribution in [-0.2, 0) is 16.0 Å². The molecule has 3 heteroatoms. The first-order chi connectivity index (χ1) is 7.67. The molecule has 84 valence electrons. The molecule has 0 amide bonds. The molecule has 1 rings (SSSR count). The first-order valence-corrected chi connectivity index (χ1v) is 5.80. The maximum atomic E-state index is 10.9. The average molecular weight is 281 g/mol. The van der Waals surface area contributed by atoms with Gasteiger partial charge in [-0.2, -0.15) is 0 Å². The maximum absolute atomic E-state index is 10.9. The topological polar surface area (TPSA) is 26.3 Å². The summed E-state index contributed by atoms with van der Waals surface area (Å²) in [6.45, 7) is 2.08. The number of benzene rings is 1. The van der Waals surface area contributed by atoms with E-state index in [0.717, 1.165) is 16.5 Å². The first kappa shape index (κ1) is 12.8. The lowest BCUT2D eigenvalue weighted by molar-refractivity contribution is -0.139. The summed E-state index contributed by atoms with van der Waals surface area (Å²) in [6.07, 6.45) is 1.05. The van der Waals surface area contributed by atoms with Gasteiger partial charge in [0.2, 0.25) is 0 Å². The number of hydrogen-bond acceptors (Lipinski definition) is 2. The van der Waals surface area contributed by atoms with E-state index in [2.05, 4.69) is 39.4 Å². The summed E-state index contributed by atoms with van der Waals surface area (Å²) in [6, 6.07) is 5.94. The standard InChI is InChI=1S/C13H13BrO2/c1-3-10-9-12(14)8-7-11(10)5-4-6-13(15)16-2/h7-9H,3,6H2,1-2H3. The predicted molar refractivity (Wildman–Crippen MR) is 67.0 cm³/mol. The van der Waals surface area contributed by atoms with Crippen LogP contribution in [0.4, 0.5) is 0 Å². The first-order valence-electron chi connectivity index (χ1n) is 5.01. The van der Waals surface area contributed by atoms with Gasteiger partial charge in [-0.1, -0.05) is 34.7 Å². The van der Waals surface area contributed by atoms with E-state index in [1.807, 2.05) is 18.2 Å². The Hall–Kier alpha value is -1.27. The third-order valence-corrected chi connectivity index (χ3v) is 2.62. The fourth-order valence-corrected chi connectivity index (χ4v) is 1.67. The molecule has 0 saturated carbocycles. The summed E-state index contributed by atoms with van der Waals surface area (Å²) in [7, 11) is 1.36. The lowest BCUT2D eigenvalue weighted by Crippen LogP contribution is -1.97. The molecule has 2 nitrogen and oxygen atoms in total. The Morgan fingerprint density at radius 2 is 2.25 bits per heavy atom. The Morgan fingerprint density at radius 1 is 1.50 bits per heavy atom. The fraction of sp³-hybridized carbons (Fsp3) is 0.308. The molecule has 0 aromatic heterocycles. The Bertz CT molecular complexity index is 441. The van der Waals surface area contributed by atoms with Crippen LogP contribution >= 0.6 is 15.9 Å². The normalized spacial score (nSPS) is 9.19. The quantitative estimate of drug-likeness (QED) is 0.615. The van der Waals surface area contributed by atoms with Crippen molar-refractivity contribution in [1.29, 1.82) is 0 Å².